The summed E-state index contributed by atoms with van der Waals surface area (Å²) in [6, 6.07) is 5.02. The third kappa shape index (κ3) is 11.3. The third-order valence-corrected chi connectivity index (χ3v) is 4.83. The van der Waals surface area contributed by atoms with Crippen molar-refractivity contribution >= 4 is 29.5 Å². The first kappa shape index (κ1) is 27.9. The number of hydrogen-bond donors (Lipinski definition) is 5. The molecule has 1 aromatic rings. The first-order chi connectivity index (χ1) is 15.6. The van der Waals surface area contributed by atoms with Crippen molar-refractivity contribution in [3.05, 3.63) is 29.8 Å². The number of rotatable bonds is 14. The van der Waals surface area contributed by atoms with E-state index >= 15 is 0 Å². The standard InChI is InChI=1S/C23H37N5O5/c1-5-12-25-20(15(2)3)22(31)28-19(7-6-13-26-23(24)32)21(30)27-18-10-8-17(9-11-18)14-33-16(4)29/h8-11,15,19-20,25H,5-7,12-14H2,1-4H3,(H,27,30)(H,28,31)(H3,24,26,32)/t19-,20-/m0/s1. The van der Waals surface area contributed by atoms with E-state index < -0.39 is 18.1 Å². The first-order valence-corrected chi connectivity index (χ1v) is 11.2. The minimum absolute atomic E-state index is 0.0431. The summed E-state index contributed by atoms with van der Waals surface area (Å²) < 4.78 is 4.95. The van der Waals surface area contributed by atoms with Crippen molar-refractivity contribution in [3.63, 3.8) is 0 Å². The van der Waals surface area contributed by atoms with Crippen LogP contribution in [0.15, 0.2) is 24.3 Å². The second-order valence-electron chi connectivity index (χ2n) is 8.14. The van der Waals surface area contributed by atoms with E-state index in [4.69, 9.17) is 10.5 Å². The van der Waals surface area contributed by atoms with Crippen LogP contribution in [0.3, 0.4) is 0 Å². The van der Waals surface area contributed by atoms with Gasteiger partial charge in [-0.3, -0.25) is 14.4 Å². The number of amides is 4. The smallest absolute Gasteiger partial charge is 0.312 e. The zero-order valence-electron chi connectivity index (χ0n) is 19.9. The molecule has 184 valence electrons. The van der Waals surface area contributed by atoms with Crippen molar-refractivity contribution < 1.29 is 23.9 Å². The highest BCUT2D eigenvalue weighted by molar-refractivity contribution is 5.97. The Morgan fingerprint density at radius 1 is 1.03 bits per heavy atom. The van der Waals surface area contributed by atoms with Gasteiger partial charge in [-0.15, -0.1) is 0 Å². The lowest BCUT2D eigenvalue weighted by atomic mass is 10.0. The molecule has 33 heavy (non-hydrogen) atoms. The molecule has 0 saturated carbocycles. The number of benzene rings is 1. The lowest BCUT2D eigenvalue weighted by molar-refractivity contribution is -0.142. The zero-order valence-corrected chi connectivity index (χ0v) is 19.9. The van der Waals surface area contributed by atoms with Gasteiger partial charge in [0.2, 0.25) is 11.8 Å². The predicted octanol–water partition coefficient (Wildman–Crippen LogP) is 1.65. The number of anilines is 1. The maximum Gasteiger partial charge on any atom is 0.312 e. The Labute approximate surface area is 195 Å². The van der Waals surface area contributed by atoms with E-state index in [9.17, 15) is 19.2 Å². The van der Waals surface area contributed by atoms with E-state index in [1.807, 2.05) is 20.8 Å². The number of hydrogen-bond acceptors (Lipinski definition) is 6. The molecule has 0 aliphatic heterocycles. The Bertz CT molecular complexity index is 782. The van der Waals surface area contributed by atoms with Gasteiger partial charge < -0.3 is 31.7 Å². The predicted molar refractivity (Wildman–Crippen MR) is 126 cm³/mol. The molecule has 6 N–H and O–H groups in total. The number of ether oxygens (including phenoxy) is 1. The summed E-state index contributed by atoms with van der Waals surface area (Å²) in [5, 5.41) is 11.4. The molecule has 0 fully saturated rings. The summed E-state index contributed by atoms with van der Waals surface area (Å²) in [4.78, 5) is 47.7. The van der Waals surface area contributed by atoms with Gasteiger partial charge in [-0.25, -0.2) is 4.79 Å². The summed E-state index contributed by atoms with van der Waals surface area (Å²) in [5.41, 5.74) is 6.42. The summed E-state index contributed by atoms with van der Waals surface area (Å²) >= 11 is 0. The SMILES string of the molecule is CCCN[C@H](C(=O)N[C@@H](CCCNC(N)=O)C(=O)Nc1ccc(COC(C)=O)cc1)C(C)C. The van der Waals surface area contributed by atoms with Gasteiger partial charge in [0.15, 0.2) is 0 Å². The Hall–Kier alpha value is -3.14. The maximum atomic E-state index is 13.0. The molecule has 10 nitrogen and oxygen atoms in total. The van der Waals surface area contributed by atoms with Crippen LogP contribution in [-0.2, 0) is 25.7 Å². The summed E-state index contributed by atoms with van der Waals surface area (Å²) in [6.45, 7) is 8.37. The molecule has 2 atom stereocenters. The highest BCUT2D eigenvalue weighted by Crippen LogP contribution is 2.12. The fraction of sp³-hybridized carbons (Fsp3) is 0.565. The number of esters is 1. The van der Waals surface area contributed by atoms with Crippen molar-refractivity contribution in [1.82, 2.24) is 16.0 Å². The molecular weight excluding hydrogens is 426 g/mol. The zero-order chi connectivity index (χ0) is 24.8. The average molecular weight is 464 g/mol. The fourth-order valence-corrected chi connectivity index (χ4v) is 3.08. The largest absolute Gasteiger partial charge is 0.461 e. The summed E-state index contributed by atoms with van der Waals surface area (Å²) in [6.07, 6.45) is 1.66. The first-order valence-electron chi connectivity index (χ1n) is 11.2. The van der Waals surface area contributed by atoms with E-state index in [0.717, 1.165) is 12.0 Å². The van der Waals surface area contributed by atoms with Gasteiger partial charge in [-0.05, 0) is 49.4 Å². The molecule has 4 amide bonds. The Morgan fingerprint density at radius 3 is 2.24 bits per heavy atom. The van der Waals surface area contributed by atoms with Crippen LogP contribution in [0.1, 0.15) is 52.5 Å². The van der Waals surface area contributed by atoms with Gasteiger partial charge in [-0.1, -0.05) is 32.9 Å². The molecule has 0 aliphatic carbocycles. The van der Waals surface area contributed by atoms with Crippen LogP contribution >= 0.6 is 0 Å². The van der Waals surface area contributed by atoms with Crippen LogP contribution in [0, 0.1) is 5.92 Å². The molecule has 10 heteroatoms. The number of carbonyl (C=O) groups is 4. The highest BCUT2D eigenvalue weighted by atomic mass is 16.5. The topological polar surface area (TPSA) is 152 Å². The van der Waals surface area contributed by atoms with Crippen molar-refractivity contribution in [2.75, 3.05) is 18.4 Å². The molecule has 0 saturated heterocycles. The van der Waals surface area contributed by atoms with Gasteiger partial charge in [0, 0.05) is 19.2 Å². The van der Waals surface area contributed by atoms with E-state index in [0.29, 0.717) is 31.6 Å². The number of primary amides is 1. The molecule has 0 aliphatic rings. The molecule has 0 bridgehead atoms. The normalized spacial score (nSPS) is 12.5. The monoisotopic (exact) mass is 463 g/mol. The van der Waals surface area contributed by atoms with E-state index in [2.05, 4.69) is 21.3 Å². The Kier molecular flexibility index (Phi) is 12.5. The molecule has 1 aromatic carbocycles. The van der Waals surface area contributed by atoms with Gasteiger partial charge >= 0.3 is 12.0 Å². The number of nitrogens with two attached hydrogens (primary N) is 1. The van der Waals surface area contributed by atoms with Gasteiger partial charge in [0.05, 0.1) is 6.04 Å². The van der Waals surface area contributed by atoms with Crippen molar-refractivity contribution in [3.8, 4) is 0 Å². The van der Waals surface area contributed by atoms with E-state index in [-0.39, 0.29) is 30.3 Å². The average Bonchev–Trinajstić information content (AvgIpc) is 2.75. The quantitative estimate of drug-likeness (QED) is 0.209. The highest BCUT2D eigenvalue weighted by Gasteiger charge is 2.27. The lowest BCUT2D eigenvalue weighted by Gasteiger charge is -2.25. The van der Waals surface area contributed by atoms with Gasteiger partial charge in [0.25, 0.3) is 0 Å². The van der Waals surface area contributed by atoms with Crippen LogP contribution < -0.4 is 27.0 Å². The number of carbonyl (C=O) groups excluding carboxylic acids is 4. The van der Waals surface area contributed by atoms with Crippen LogP contribution in [0.25, 0.3) is 0 Å². The Balaban J connectivity index is 2.84. The Morgan fingerprint density at radius 2 is 1.70 bits per heavy atom. The van der Waals surface area contributed by atoms with Crippen molar-refractivity contribution in [2.24, 2.45) is 11.7 Å². The fourth-order valence-electron chi connectivity index (χ4n) is 3.08. The number of nitrogens with one attached hydrogen (secondary N) is 4. The maximum absolute atomic E-state index is 13.0. The van der Waals surface area contributed by atoms with Gasteiger partial charge in [0.1, 0.15) is 12.6 Å². The molecule has 1 rings (SSSR count). The van der Waals surface area contributed by atoms with Crippen molar-refractivity contribution in [2.45, 2.75) is 65.6 Å². The minimum Gasteiger partial charge on any atom is -0.461 e. The molecule has 0 unspecified atom stereocenters. The van der Waals surface area contributed by atoms with Gasteiger partial charge in [-0.2, -0.15) is 0 Å². The number of urea groups is 1. The van der Waals surface area contributed by atoms with Crippen LogP contribution in [0.5, 0.6) is 0 Å². The van der Waals surface area contributed by atoms with E-state index in [1.54, 1.807) is 24.3 Å². The minimum atomic E-state index is -0.794. The second kappa shape index (κ2) is 14.8. The molecule has 0 heterocycles. The van der Waals surface area contributed by atoms with Crippen LogP contribution in [-0.4, -0.2) is 49.0 Å². The summed E-state index contributed by atoms with van der Waals surface area (Å²) in [7, 11) is 0. The summed E-state index contributed by atoms with van der Waals surface area (Å²) in [5.74, 6) is -0.946. The molecule has 0 aromatic heterocycles. The van der Waals surface area contributed by atoms with Crippen LogP contribution in [0.2, 0.25) is 0 Å². The second-order valence-corrected chi connectivity index (χ2v) is 8.14. The molecule has 0 spiro atoms. The third-order valence-electron chi connectivity index (χ3n) is 4.83. The van der Waals surface area contributed by atoms with Crippen LogP contribution in [0.4, 0.5) is 10.5 Å². The van der Waals surface area contributed by atoms with E-state index in [1.165, 1.54) is 6.92 Å². The molecule has 0 radical (unpaired) electrons. The molecular formula is C23H37N5O5. The lowest BCUT2D eigenvalue weighted by Crippen LogP contribution is -2.53. The van der Waals surface area contributed by atoms with Crippen molar-refractivity contribution in [1.29, 1.82) is 0 Å².